The fourth-order valence-electron chi connectivity index (χ4n) is 2.11. The first-order valence-electron chi connectivity index (χ1n) is 5.74. The zero-order chi connectivity index (χ0) is 11.4. The molecule has 0 unspecified atom stereocenters. The van der Waals surface area contributed by atoms with Gasteiger partial charge in [-0.2, -0.15) is 0 Å². The number of hydrogen-bond donors (Lipinski definition) is 1. The van der Waals surface area contributed by atoms with Crippen molar-refractivity contribution in [3.8, 4) is 0 Å². The highest BCUT2D eigenvalue weighted by Gasteiger charge is 2.23. The van der Waals surface area contributed by atoms with E-state index in [1.165, 1.54) is 0 Å². The van der Waals surface area contributed by atoms with Crippen molar-refractivity contribution < 1.29 is 9.21 Å². The predicted molar refractivity (Wildman–Crippen MR) is 60.8 cm³/mol. The molecule has 2 heterocycles. The van der Waals surface area contributed by atoms with Crippen LogP contribution in [-0.2, 0) is 11.3 Å². The average Bonchev–Trinajstić information content (AvgIpc) is 2.82. The molecule has 88 valence electrons. The molecule has 4 heteroatoms. The maximum atomic E-state index is 12.1. The van der Waals surface area contributed by atoms with Crippen LogP contribution >= 0.6 is 0 Å². The van der Waals surface area contributed by atoms with E-state index in [9.17, 15) is 4.79 Å². The lowest BCUT2D eigenvalue weighted by molar-refractivity contribution is -0.135. The first-order valence-corrected chi connectivity index (χ1v) is 5.74. The molecule has 1 aromatic heterocycles. The van der Waals surface area contributed by atoms with Crippen LogP contribution in [0.1, 0.15) is 18.4 Å². The third-order valence-corrected chi connectivity index (χ3v) is 3.02. The van der Waals surface area contributed by atoms with Gasteiger partial charge < -0.3 is 14.6 Å². The lowest BCUT2D eigenvalue weighted by Crippen LogP contribution is -2.41. The fourth-order valence-corrected chi connectivity index (χ4v) is 2.11. The van der Waals surface area contributed by atoms with Gasteiger partial charge in [-0.3, -0.25) is 4.79 Å². The lowest BCUT2D eigenvalue weighted by Gasteiger charge is -2.26. The Morgan fingerprint density at radius 1 is 1.69 bits per heavy atom. The molecule has 0 aromatic carbocycles. The maximum Gasteiger partial charge on any atom is 0.227 e. The first-order chi connectivity index (χ1) is 7.77. The van der Waals surface area contributed by atoms with E-state index in [4.69, 9.17) is 4.42 Å². The van der Waals surface area contributed by atoms with Crippen LogP contribution in [-0.4, -0.2) is 30.9 Å². The number of carbonyl (C=O) groups excluding carboxylic acids is 1. The van der Waals surface area contributed by atoms with Crippen LogP contribution in [0.15, 0.2) is 23.0 Å². The summed E-state index contributed by atoms with van der Waals surface area (Å²) in [5, 5.41) is 3.26. The van der Waals surface area contributed by atoms with Gasteiger partial charge in [-0.25, -0.2) is 0 Å². The summed E-state index contributed by atoms with van der Waals surface area (Å²) in [6.07, 6.45) is 5.41. The van der Waals surface area contributed by atoms with E-state index in [0.717, 1.165) is 31.5 Å². The summed E-state index contributed by atoms with van der Waals surface area (Å²) in [4.78, 5) is 13.9. The minimum Gasteiger partial charge on any atom is -0.472 e. The van der Waals surface area contributed by atoms with Crippen LogP contribution in [0, 0.1) is 5.92 Å². The fraction of sp³-hybridized carbons (Fsp3) is 0.583. The van der Waals surface area contributed by atoms with E-state index in [1.807, 2.05) is 13.1 Å². The van der Waals surface area contributed by atoms with Crippen LogP contribution in [0.5, 0.6) is 0 Å². The number of amides is 1. The van der Waals surface area contributed by atoms with Crippen molar-refractivity contribution in [3.63, 3.8) is 0 Å². The molecule has 0 saturated carbocycles. The van der Waals surface area contributed by atoms with Crippen LogP contribution in [0.4, 0.5) is 0 Å². The predicted octanol–water partition coefficient (Wildman–Crippen LogP) is 1.24. The molecule has 1 atom stereocenters. The Morgan fingerprint density at radius 3 is 3.19 bits per heavy atom. The number of hydrogen-bond acceptors (Lipinski definition) is 3. The van der Waals surface area contributed by atoms with Gasteiger partial charge in [-0.1, -0.05) is 0 Å². The van der Waals surface area contributed by atoms with Crippen molar-refractivity contribution in [1.82, 2.24) is 10.2 Å². The van der Waals surface area contributed by atoms with Crippen LogP contribution in [0.25, 0.3) is 0 Å². The van der Waals surface area contributed by atoms with Crippen molar-refractivity contribution in [3.05, 3.63) is 24.2 Å². The Kier molecular flexibility index (Phi) is 3.62. The highest BCUT2D eigenvalue weighted by molar-refractivity contribution is 5.78. The van der Waals surface area contributed by atoms with E-state index in [1.54, 1.807) is 17.4 Å². The lowest BCUT2D eigenvalue weighted by atomic mass is 9.98. The number of rotatable bonds is 3. The minimum absolute atomic E-state index is 0.144. The summed E-state index contributed by atoms with van der Waals surface area (Å²) in [5.74, 6) is 0.374. The minimum atomic E-state index is 0.144. The molecule has 0 spiro atoms. The van der Waals surface area contributed by atoms with Gasteiger partial charge in [0.2, 0.25) is 5.91 Å². The first kappa shape index (κ1) is 11.2. The highest BCUT2D eigenvalue weighted by atomic mass is 16.3. The zero-order valence-electron chi connectivity index (χ0n) is 9.61. The normalized spacial score (nSPS) is 20.7. The van der Waals surface area contributed by atoms with Crippen LogP contribution in [0.2, 0.25) is 0 Å². The van der Waals surface area contributed by atoms with E-state index >= 15 is 0 Å². The average molecular weight is 222 g/mol. The number of piperidine rings is 1. The van der Waals surface area contributed by atoms with Crippen molar-refractivity contribution in [2.75, 3.05) is 20.1 Å². The number of nitrogens with one attached hydrogen (secondary N) is 1. The van der Waals surface area contributed by atoms with Gasteiger partial charge in [0.05, 0.1) is 18.4 Å². The molecule has 0 aliphatic carbocycles. The Labute approximate surface area is 95.6 Å². The maximum absolute atomic E-state index is 12.1. The summed E-state index contributed by atoms with van der Waals surface area (Å²) in [6.45, 7) is 2.48. The molecule has 1 saturated heterocycles. The second-order valence-corrected chi connectivity index (χ2v) is 4.37. The molecule has 1 aromatic rings. The largest absolute Gasteiger partial charge is 0.472 e. The topological polar surface area (TPSA) is 45.5 Å². The molecule has 4 nitrogen and oxygen atoms in total. The third kappa shape index (κ3) is 2.64. The van der Waals surface area contributed by atoms with E-state index in [2.05, 4.69) is 5.32 Å². The Balaban J connectivity index is 1.88. The Hall–Kier alpha value is -1.29. The second-order valence-electron chi connectivity index (χ2n) is 4.37. The molecule has 1 amide bonds. The molecule has 0 radical (unpaired) electrons. The third-order valence-electron chi connectivity index (χ3n) is 3.02. The summed E-state index contributed by atoms with van der Waals surface area (Å²) < 4.78 is 4.99. The summed E-state index contributed by atoms with van der Waals surface area (Å²) in [7, 11) is 1.85. The summed E-state index contributed by atoms with van der Waals surface area (Å²) in [6, 6.07) is 1.89. The van der Waals surface area contributed by atoms with Crippen molar-refractivity contribution >= 4 is 5.91 Å². The highest BCUT2D eigenvalue weighted by Crippen LogP contribution is 2.14. The quantitative estimate of drug-likeness (QED) is 0.837. The van der Waals surface area contributed by atoms with E-state index < -0.39 is 0 Å². The molecule has 2 rings (SSSR count). The van der Waals surface area contributed by atoms with Gasteiger partial charge in [-0.15, -0.1) is 0 Å². The van der Waals surface area contributed by atoms with Gasteiger partial charge in [0.25, 0.3) is 0 Å². The molecule has 1 fully saturated rings. The Morgan fingerprint density at radius 2 is 2.56 bits per heavy atom. The molecular formula is C12H18N2O2. The van der Waals surface area contributed by atoms with E-state index in [0.29, 0.717) is 6.54 Å². The molecule has 1 aliphatic rings. The van der Waals surface area contributed by atoms with Gasteiger partial charge in [0.15, 0.2) is 0 Å². The zero-order valence-corrected chi connectivity index (χ0v) is 9.61. The molecule has 16 heavy (non-hydrogen) atoms. The van der Waals surface area contributed by atoms with Gasteiger partial charge in [0, 0.05) is 25.7 Å². The van der Waals surface area contributed by atoms with Gasteiger partial charge >= 0.3 is 0 Å². The summed E-state index contributed by atoms with van der Waals surface area (Å²) in [5.41, 5.74) is 1.04. The van der Waals surface area contributed by atoms with Crippen molar-refractivity contribution in [2.45, 2.75) is 19.4 Å². The standard InChI is InChI=1S/C12H18N2O2/c1-14(8-10-4-6-16-9-10)12(15)11-3-2-5-13-7-11/h4,6,9,11,13H,2-3,5,7-8H2,1H3/t11-/m0/s1. The SMILES string of the molecule is CN(Cc1ccoc1)C(=O)[C@H]1CCCNC1. The molecule has 1 N–H and O–H groups in total. The van der Waals surface area contributed by atoms with Crippen LogP contribution in [0.3, 0.4) is 0 Å². The van der Waals surface area contributed by atoms with Gasteiger partial charge in [-0.05, 0) is 25.5 Å². The second kappa shape index (κ2) is 5.16. The number of carbonyl (C=O) groups is 1. The van der Waals surface area contributed by atoms with Gasteiger partial charge in [0.1, 0.15) is 0 Å². The van der Waals surface area contributed by atoms with E-state index in [-0.39, 0.29) is 11.8 Å². The van der Waals surface area contributed by atoms with Crippen molar-refractivity contribution in [1.29, 1.82) is 0 Å². The number of furan rings is 1. The smallest absolute Gasteiger partial charge is 0.227 e. The molecule has 1 aliphatic heterocycles. The van der Waals surface area contributed by atoms with Crippen LogP contribution < -0.4 is 5.32 Å². The monoisotopic (exact) mass is 222 g/mol. The number of nitrogens with zero attached hydrogens (tertiary/aromatic N) is 1. The van der Waals surface area contributed by atoms with Crippen molar-refractivity contribution in [2.24, 2.45) is 5.92 Å². The summed E-state index contributed by atoms with van der Waals surface area (Å²) >= 11 is 0. The Bertz CT molecular complexity index is 329. The molecule has 0 bridgehead atoms. The molecular weight excluding hydrogens is 204 g/mol.